The molecule has 206 valence electrons. The number of amides is 2. The van der Waals surface area contributed by atoms with Crippen LogP contribution in [0.5, 0.6) is 5.75 Å². The summed E-state index contributed by atoms with van der Waals surface area (Å²) >= 11 is 7.03. The minimum atomic E-state index is -0.436. The van der Waals surface area contributed by atoms with E-state index >= 15 is 0 Å². The number of carbonyl (C=O) groups is 2. The Kier molecular flexibility index (Phi) is 7.25. The van der Waals surface area contributed by atoms with E-state index in [1.165, 1.54) is 9.42 Å². The molecule has 1 aliphatic rings. The van der Waals surface area contributed by atoms with Crippen molar-refractivity contribution in [2.75, 3.05) is 23.4 Å². The third-order valence-corrected chi connectivity index (χ3v) is 7.90. The fourth-order valence-corrected chi connectivity index (χ4v) is 5.70. The van der Waals surface area contributed by atoms with Gasteiger partial charge in [-0.3, -0.25) is 19.3 Å². The molecule has 0 saturated heterocycles. The van der Waals surface area contributed by atoms with Crippen molar-refractivity contribution >= 4 is 56.7 Å². The molecule has 0 aliphatic carbocycles. The molecule has 0 atom stereocenters. The van der Waals surface area contributed by atoms with Crippen molar-refractivity contribution in [3.05, 3.63) is 98.3 Å². The van der Waals surface area contributed by atoms with E-state index in [-0.39, 0.29) is 22.6 Å². The number of anilines is 2. The van der Waals surface area contributed by atoms with Gasteiger partial charge in [-0.05, 0) is 61.0 Å². The van der Waals surface area contributed by atoms with Crippen molar-refractivity contribution in [3.8, 4) is 17.1 Å². The molecule has 0 radical (unpaired) electrons. The topological polar surface area (TPSA) is 106 Å². The second kappa shape index (κ2) is 11.1. The van der Waals surface area contributed by atoms with E-state index in [1.807, 2.05) is 24.3 Å². The van der Waals surface area contributed by atoms with Crippen LogP contribution in [0.4, 0.5) is 11.4 Å². The maximum Gasteiger partial charge on any atom is 0.291 e. The van der Waals surface area contributed by atoms with Gasteiger partial charge < -0.3 is 10.1 Å². The number of fused-ring (bicyclic) bond motifs is 2. The molecule has 1 aliphatic heterocycles. The molecule has 1 N–H and O–H groups in total. The number of carbonyl (C=O) groups excluding carboxylic acids is 2. The molecular formula is C30H24ClN5O4S. The smallest absolute Gasteiger partial charge is 0.291 e. The Morgan fingerprint density at radius 3 is 2.51 bits per heavy atom. The summed E-state index contributed by atoms with van der Waals surface area (Å²) in [6.07, 6.45) is 2.04. The van der Waals surface area contributed by atoms with Crippen molar-refractivity contribution in [3.63, 3.8) is 0 Å². The zero-order chi connectivity index (χ0) is 28.5. The number of rotatable bonds is 8. The highest BCUT2D eigenvalue weighted by Gasteiger charge is 2.35. The number of halogens is 1. The van der Waals surface area contributed by atoms with Crippen molar-refractivity contribution in [2.45, 2.75) is 19.8 Å². The van der Waals surface area contributed by atoms with E-state index in [9.17, 15) is 14.4 Å². The van der Waals surface area contributed by atoms with Crippen LogP contribution in [0.1, 0.15) is 25.3 Å². The van der Waals surface area contributed by atoms with Crippen molar-refractivity contribution in [1.29, 1.82) is 0 Å². The molecular weight excluding hydrogens is 562 g/mol. The third kappa shape index (κ3) is 5.19. The minimum Gasteiger partial charge on any atom is -0.494 e. The maximum atomic E-state index is 13.7. The van der Waals surface area contributed by atoms with E-state index in [1.54, 1.807) is 48.5 Å². The van der Waals surface area contributed by atoms with Gasteiger partial charge in [-0.1, -0.05) is 54.5 Å². The van der Waals surface area contributed by atoms with Gasteiger partial charge in [0, 0.05) is 21.8 Å². The third-order valence-electron chi connectivity index (χ3n) is 6.62. The number of thiazole rings is 1. The van der Waals surface area contributed by atoms with Crippen molar-refractivity contribution < 1.29 is 14.3 Å². The highest BCUT2D eigenvalue weighted by Crippen LogP contribution is 2.35. The highest BCUT2D eigenvalue weighted by molar-refractivity contribution is 7.15. The van der Waals surface area contributed by atoms with Gasteiger partial charge >= 0.3 is 0 Å². The first-order chi connectivity index (χ1) is 19.9. The summed E-state index contributed by atoms with van der Waals surface area (Å²) in [7, 11) is 0. The molecule has 11 heteroatoms. The summed E-state index contributed by atoms with van der Waals surface area (Å²) in [5, 5.41) is 7.76. The monoisotopic (exact) mass is 585 g/mol. The molecule has 5 aromatic rings. The number of hydrogen-bond donors (Lipinski definition) is 1. The molecule has 9 nitrogen and oxygen atoms in total. The second-order valence-corrected chi connectivity index (χ2v) is 10.8. The van der Waals surface area contributed by atoms with E-state index in [4.69, 9.17) is 16.3 Å². The molecule has 2 aromatic heterocycles. The first-order valence-electron chi connectivity index (χ1n) is 13.1. The Labute approximate surface area is 243 Å². The van der Waals surface area contributed by atoms with Gasteiger partial charge in [-0.25, -0.2) is 0 Å². The van der Waals surface area contributed by atoms with Crippen molar-refractivity contribution in [2.24, 2.45) is 0 Å². The maximum absolute atomic E-state index is 13.7. The largest absolute Gasteiger partial charge is 0.494 e. The van der Waals surface area contributed by atoms with E-state index in [0.29, 0.717) is 39.4 Å². The Balaban J connectivity index is 1.30. The number of benzene rings is 3. The molecule has 2 amide bonds. The Bertz CT molecular complexity index is 1880. The first-order valence-corrected chi connectivity index (χ1v) is 14.3. The first kappa shape index (κ1) is 26.7. The van der Waals surface area contributed by atoms with E-state index < -0.39 is 11.5 Å². The van der Waals surface area contributed by atoms with Gasteiger partial charge in [0.2, 0.25) is 10.9 Å². The lowest BCUT2D eigenvalue weighted by Crippen LogP contribution is -2.37. The normalized spacial score (nSPS) is 14.0. The lowest BCUT2D eigenvalue weighted by molar-refractivity contribution is -0.118. The van der Waals surface area contributed by atoms with Gasteiger partial charge in [-0.15, -0.1) is 5.10 Å². The summed E-state index contributed by atoms with van der Waals surface area (Å²) in [6.45, 7) is 2.54. The number of ether oxygens (including phenoxy) is 1. The predicted octanol–water partition coefficient (Wildman–Crippen LogP) is 4.55. The van der Waals surface area contributed by atoms with Gasteiger partial charge in [-0.2, -0.15) is 9.50 Å². The van der Waals surface area contributed by atoms with Crippen LogP contribution in [-0.4, -0.2) is 39.6 Å². The Hall–Kier alpha value is -4.54. The van der Waals surface area contributed by atoms with Crippen LogP contribution >= 0.6 is 22.9 Å². The standard InChI is InChI=1S/C30H24ClN5O4S/c1-2-3-16-40-21-14-8-18(9-15-21)27-33-30-36(34-27)29(39)26(41-30)25-22-6-4-5-7-23(22)35(28(25)38)17-24(37)32-20-12-10-19(31)11-13-20/h4-15H,2-3,16-17H2,1H3,(H,32,37)/b26-25-. The van der Waals surface area contributed by atoms with Crippen LogP contribution < -0.4 is 25.0 Å². The molecule has 3 heterocycles. The molecule has 0 fully saturated rings. The molecule has 41 heavy (non-hydrogen) atoms. The molecule has 0 spiro atoms. The lowest BCUT2D eigenvalue weighted by Gasteiger charge is -2.16. The van der Waals surface area contributed by atoms with E-state index in [2.05, 4.69) is 22.3 Å². The number of nitrogens with zero attached hydrogens (tertiary/aromatic N) is 4. The quantitative estimate of drug-likeness (QED) is 0.268. The van der Waals surface area contributed by atoms with Crippen LogP contribution in [0.15, 0.2) is 77.6 Å². The van der Waals surface area contributed by atoms with Gasteiger partial charge in [0.05, 0.1) is 17.9 Å². The van der Waals surface area contributed by atoms with Crippen LogP contribution in [-0.2, 0) is 9.59 Å². The van der Waals surface area contributed by atoms with Crippen LogP contribution in [0.25, 0.3) is 21.9 Å². The number of unbranched alkanes of at least 4 members (excludes halogenated alkanes) is 1. The summed E-state index contributed by atoms with van der Waals surface area (Å²) < 4.78 is 7.16. The molecule has 3 aromatic carbocycles. The van der Waals surface area contributed by atoms with Crippen LogP contribution in [0.2, 0.25) is 5.02 Å². The number of nitrogens with one attached hydrogen (secondary N) is 1. The fraction of sp³-hybridized carbons (Fsp3) is 0.167. The molecule has 0 saturated carbocycles. The number of para-hydroxylation sites is 1. The highest BCUT2D eigenvalue weighted by atomic mass is 35.5. The Morgan fingerprint density at radius 2 is 1.78 bits per heavy atom. The molecule has 0 bridgehead atoms. The zero-order valence-electron chi connectivity index (χ0n) is 22.0. The van der Waals surface area contributed by atoms with Gasteiger partial charge in [0.1, 0.15) is 16.8 Å². The average Bonchev–Trinajstić information content (AvgIpc) is 3.61. The van der Waals surface area contributed by atoms with Crippen LogP contribution in [0.3, 0.4) is 0 Å². The van der Waals surface area contributed by atoms with Crippen LogP contribution in [0, 0.1) is 0 Å². The molecule has 6 rings (SSSR count). The minimum absolute atomic E-state index is 0.223. The summed E-state index contributed by atoms with van der Waals surface area (Å²) in [5.74, 6) is 0.353. The SMILES string of the molecule is CCCCOc1ccc(-c2nc3s/c(=C4\C(=O)N(CC(=O)Nc5ccc(Cl)cc5)c5ccccc54)c(=O)n3n2)cc1. The fourth-order valence-electron chi connectivity index (χ4n) is 4.58. The number of hydrogen-bond acceptors (Lipinski definition) is 7. The molecule has 0 unspecified atom stereocenters. The zero-order valence-corrected chi connectivity index (χ0v) is 23.5. The second-order valence-electron chi connectivity index (χ2n) is 9.43. The summed E-state index contributed by atoms with van der Waals surface area (Å²) in [6, 6.07) is 21.2. The van der Waals surface area contributed by atoms with E-state index in [0.717, 1.165) is 35.5 Å². The Morgan fingerprint density at radius 1 is 1.02 bits per heavy atom. The van der Waals surface area contributed by atoms with Gasteiger partial charge in [0.25, 0.3) is 11.5 Å². The number of aromatic nitrogens is 3. The predicted molar refractivity (Wildman–Crippen MR) is 160 cm³/mol. The lowest BCUT2D eigenvalue weighted by atomic mass is 10.1. The van der Waals surface area contributed by atoms with Crippen molar-refractivity contribution in [1.82, 2.24) is 14.6 Å². The van der Waals surface area contributed by atoms with Gasteiger partial charge in [0.15, 0.2) is 5.82 Å². The summed E-state index contributed by atoms with van der Waals surface area (Å²) in [4.78, 5) is 46.3. The summed E-state index contributed by atoms with van der Waals surface area (Å²) in [5.41, 5.74) is 2.24. The average molecular weight is 586 g/mol.